The number of ether oxygens (including phenoxy) is 2. The molecule has 3 atom stereocenters. The summed E-state index contributed by atoms with van der Waals surface area (Å²) in [6.45, 7) is 2.61. The van der Waals surface area contributed by atoms with Crippen molar-refractivity contribution in [2.24, 2.45) is 5.92 Å². The van der Waals surface area contributed by atoms with E-state index in [1.807, 2.05) is 25.1 Å². The Morgan fingerprint density at radius 2 is 2.24 bits per heavy atom. The van der Waals surface area contributed by atoms with Crippen LogP contribution in [0, 0.1) is 5.92 Å². The molecule has 3 nitrogen and oxygen atoms in total. The van der Waals surface area contributed by atoms with E-state index in [0.717, 1.165) is 10.9 Å². The number of carbonyl (C=O) groups is 1. The molecule has 0 saturated carbocycles. The second-order valence-electron chi connectivity index (χ2n) is 4.55. The Morgan fingerprint density at radius 1 is 1.41 bits per heavy atom. The largest absolute Gasteiger partial charge is 0.489 e. The van der Waals surface area contributed by atoms with Crippen molar-refractivity contribution >= 4 is 21.7 Å². The molecule has 2 aliphatic rings. The van der Waals surface area contributed by atoms with Crippen LogP contribution in [-0.4, -0.2) is 24.6 Å². The Morgan fingerprint density at radius 3 is 3.06 bits per heavy atom. The van der Waals surface area contributed by atoms with E-state index < -0.39 is 0 Å². The van der Waals surface area contributed by atoms with Crippen LogP contribution in [0.1, 0.15) is 23.7 Å². The second kappa shape index (κ2) is 4.10. The van der Waals surface area contributed by atoms with Crippen molar-refractivity contribution in [3.05, 3.63) is 28.2 Å². The smallest absolute Gasteiger partial charge is 0.176 e. The maximum absolute atomic E-state index is 12.4. The lowest BCUT2D eigenvalue weighted by atomic mass is 9.83. The van der Waals surface area contributed by atoms with Gasteiger partial charge in [-0.15, -0.1) is 0 Å². The zero-order valence-corrected chi connectivity index (χ0v) is 11.1. The minimum atomic E-state index is -0.162. The SMILES string of the molecule is CC1OCCC2Oc3ccc(Br)cc3C(=O)[C@@H]12. The molecule has 90 valence electrons. The number of halogens is 1. The molecule has 2 aliphatic heterocycles. The van der Waals surface area contributed by atoms with Crippen molar-refractivity contribution in [1.29, 1.82) is 0 Å². The fourth-order valence-corrected chi connectivity index (χ4v) is 2.97. The summed E-state index contributed by atoms with van der Waals surface area (Å²) in [7, 11) is 0. The third-order valence-corrected chi connectivity index (χ3v) is 3.97. The highest BCUT2D eigenvalue weighted by molar-refractivity contribution is 9.10. The number of hydrogen-bond donors (Lipinski definition) is 0. The van der Waals surface area contributed by atoms with Gasteiger partial charge in [0.1, 0.15) is 11.9 Å². The van der Waals surface area contributed by atoms with E-state index in [2.05, 4.69) is 15.9 Å². The highest BCUT2D eigenvalue weighted by atomic mass is 79.9. The Balaban J connectivity index is 2.04. The first-order valence-electron chi connectivity index (χ1n) is 5.79. The van der Waals surface area contributed by atoms with Crippen LogP contribution in [0.4, 0.5) is 0 Å². The van der Waals surface area contributed by atoms with Crippen molar-refractivity contribution in [3.8, 4) is 5.75 Å². The van der Waals surface area contributed by atoms with Crippen LogP contribution >= 0.6 is 15.9 Å². The first kappa shape index (κ1) is 11.2. The molecular weight excluding hydrogens is 284 g/mol. The number of fused-ring (bicyclic) bond motifs is 2. The summed E-state index contributed by atoms with van der Waals surface area (Å²) in [5.74, 6) is 0.684. The van der Waals surface area contributed by atoms with Crippen LogP contribution in [0.5, 0.6) is 5.75 Å². The molecule has 1 aromatic carbocycles. The molecule has 0 bridgehead atoms. The molecule has 3 rings (SSSR count). The second-order valence-corrected chi connectivity index (χ2v) is 5.47. The van der Waals surface area contributed by atoms with Gasteiger partial charge in [-0.05, 0) is 25.1 Å². The predicted molar refractivity (Wildman–Crippen MR) is 66.4 cm³/mol. The normalized spacial score (nSPS) is 31.4. The van der Waals surface area contributed by atoms with E-state index in [4.69, 9.17) is 9.47 Å². The highest BCUT2D eigenvalue weighted by Gasteiger charge is 2.43. The molecule has 1 saturated heterocycles. The molecule has 0 aromatic heterocycles. The van der Waals surface area contributed by atoms with Gasteiger partial charge in [-0.25, -0.2) is 0 Å². The third-order valence-electron chi connectivity index (χ3n) is 3.48. The number of ketones is 1. The number of carbonyl (C=O) groups excluding carboxylic acids is 1. The maximum atomic E-state index is 12.4. The summed E-state index contributed by atoms with van der Waals surface area (Å²) in [4.78, 5) is 12.4. The van der Waals surface area contributed by atoms with Gasteiger partial charge in [-0.1, -0.05) is 15.9 Å². The van der Waals surface area contributed by atoms with E-state index >= 15 is 0 Å². The van der Waals surface area contributed by atoms with Gasteiger partial charge in [-0.2, -0.15) is 0 Å². The standard InChI is InChI=1S/C13H13BrO3/c1-7-12-11(4-5-16-7)17-10-3-2-8(14)6-9(10)13(12)15/h2-3,6-7,11-12H,4-5H2,1H3/t7?,11?,12-/m0/s1. The molecule has 0 amide bonds. The highest BCUT2D eigenvalue weighted by Crippen LogP contribution is 2.37. The number of Topliss-reactive ketones (excluding diaryl/α,β-unsaturated/α-hetero) is 1. The van der Waals surface area contributed by atoms with Gasteiger partial charge < -0.3 is 9.47 Å². The third kappa shape index (κ3) is 1.79. The predicted octanol–water partition coefficient (Wildman–Crippen LogP) is 2.82. The average Bonchev–Trinajstić information content (AvgIpc) is 2.30. The fraction of sp³-hybridized carbons (Fsp3) is 0.462. The van der Waals surface area contributed by atoms with Crippen LogP contribution < -0.4 is 4.74 Å². The van der Waals surface area contributed by atoms with E-state index in [9.17, 15) is 4.79 Å². The Bertz CT molecular complexity index is 472. The zero-order chi connectivity index (χ0) is 12.0. The lowest BCUT2D eigenvalue weighted by Crippen LogP contribution is -2.48. The van der Waals surface area contributed by atoms with Gasteiger partial charge in [0, 0.05) is 10.9 Å². The molecule has 1 aromatic rings. The van der Waals surface area contributed by atoms with Crippen LogP contribution in [0.25, 0.3) is 0 Å². The van der Waals surface area contributed by atoms with Crippen molar-refractivity contribution in [2.45, 2.75) is 25.6 Å². The van der Waals surface area contributed by atoms with Crippen LogP contribution in [0.15, 0.2) is 22.7 Å². The lowest BCUT2D eigenvalue weighted by Gasteiger charge is -2.39. The Kier molecular flexibility index (Phi) is 2.71. The topological polar surface area (TPSA) is 35.5 Å². The quantitative estimate of drug-likeness (QED) is 0.738. The summed E-state index contributed by atoms with van der Waals surface area (Å²) >= 11 is 3.38. The number of hydrogen-bond acceptors (Lipinski definition) is 3. The molecule has 0 aliphatic carbocycles. The van der Waals surface area contributed by atoms with Crippen LogP contribution in [0.3, 0.4) is 0 Å². The first-order chi connectivity index (χ1) is 8.16. The van der Waals surface area contributed by atoms with Crippen molar-refractivity contribution in [2.75, 3.05) is 6.61 Å². The summed E-state index contributed by atoms with van der Waals surface area (Å²) in [5.41, 5.74) is 0.665. The molecule has 0 radical (unpaired) electrons. The average molecular weight is 297 g/mol. The summed E-state index contributed by atoms with van der Waals surface area (Å²) in [5, 5.41) is 0. The van der Waals surface area contributed by atoms with E-state index in [-0.39, 0.29) is 23.9 Å². The molecule has 1 fully saturated rings. The Labute approximate surface area is 108 Å². The van der Waals surface area contributed by atoms with Crippen molar-refractivity contribution < 1.29 is 14.3 Å². The lowest BCUT2D eigenvalue weighted by molar-refractivity contribution is -0.0657. The molecule has 0 N–H and O–H groups in total. The van der Waals surface area contributed by atoms with Crippen LogP contribution in [-0.2, 0) is 4.74 Å². The summed E-state index contributed by atoms with van der Waals surface area (Å²) < 4.78 is 12.4. The van der Waals surface area contributed by atoms with E-state index in [1.54, 1.807) is 0 Å². The molecule has 17 heavy (non-hydrogen) atoms. The summed E-state index contributed by atoms with van der Waals surface area (Å²) in [6, 6.07) is 5.58. The fourth-order valence-electron chi connectivity index (χ4n) is 2.61. The first-order valence-corrected chi connectivity index (χ1v) is 6.58. The van der Waals surface area contributed by atoms with Crippen molar-refractivity contribution in [3.63, 3.8) is 0 Å². The zero-order valence-electron chi connectivity index (χ0n) is 9.48. The minimum absolute atomic E-state index is 0.0278. The molecular formula is C13H13BrO3. The summed E-state index contributed by atoms with van der Waals surface area (Å²) in [6.07, 6.45) is 0.698. The molecule has 2 heterocycles. The molecule has 2 unspecified atom stereocenters. The van der Waals surface area contributed by atoms with Crippen LogP contribution in [0.2, 0.25) is 0 Å². The monoisotopic (exact) mass is 296 g/mol. The molecule has 4 heteroatoms. The van der Waals surface area contributed by atoms with E-state index in [1.165, 1.54) is 0 Å². The number of benzene rings is 1. The van der Waals surface area contributed by atoms with E-state index in [0.29, 0.717) is 17.9 Å². The van der Waals surface area contributed by atoms with Gasteiger partial charge >= 0.3 is 0 Å². The van der Waals surface area contributed by atoms with Gasteiger partial charge in [0.05, 0.1) is 24.2 Å². The van der Waals surface area contributed by atoms with Gasteiger partial charge in [-0.3, -0.25) is 4.79 Å². The molecule has 0 spiro atoms. The minimum Gasteiger partial charge on any atom is -0.489 e. The van der Waals surface area contributed by atoms with Gasteiger partial charge in [0.15, 0.2) is 5.78 Å². The number of rotatable bonds is 0. The van der Waals surface area contributed by atoms with Gasteiger partial charge in [0.25, 0.3) is 0 Å². The maximum Gasteiger partial charge on any atom is 0.176 e. The van der Waals surface area contributed by atoms with Gasteiger partial charge in [0.2, 0.25) is 0 Å². The Hall–Kier alpha value is -0.870. The van der Waals surface area contributed by atoms with Crippen molar-refractivity contribution in [1.82, 2.24) is 0 Å².